The van der Waals surface area contributed by atoms with Crippen LogP contribution in [0.2, 0.25) is 0 Å². The van der Waals surface area contributed by atoms with Crippen LogP contribution in [-0.2, 0) is 4.74 Å². The predicted molar refractivity (Wildman–Crippen MR) is 122 cm³/mol. The lowest BCUT2D eigenvalue weighted by Crippen LogP contribution is -2.57. The smallest absolute Gasteiger partial charge is 0.410 e. The summed E-state index contributed by atoms with van der Waals surface area (Å²) in [6.07, 6.45) is 3.10. The third kappa shape index (κ3) is 4.38. The van der Waals surface area contributed by atoms with Gasteiger partial charge in [-0.05, 0) is 53.0 Å². The van der Waals surface area contributed by atoms with Gasteiger partial charge < -0.3 is 14.4 Å². The first-order chi connectivity index (χ1) is 16.2. The summed E-state index contributed by atoms with van der Waals surface area (Å²) in [5.74, 6) is 0.623. The molecular formula is C24H33FN6O3. The minimum atomic E-state index is -0.831. The second-order valence-corrected chi connectivity index (χ2v) is 11.0. The molecule has 4 fully saturated rings. The van der Waals surface area contributed by atoms with E-state index >= 15 is 0 Å². The van der Waals surface area contributed by atoms with Crippen LogP contribution in [0.3, 0.4) is 0 Å². The Balaban J connectivity index is 1.30. The number of halogens is 1. The zero-order valence-corrected chi connectivity index (χ0v) is 20.2. The van der Waals surface area contributed by atoms with Crippen LogP contribution in [0.4, 0.5) is 15.0 Å². The number of fused-ring (bicyclic) bond motifs is 3. The standard InChI is InChI=1S/C24H33FN6O3/c1-23(2,3)34-22(32)31-18-5-6-19(31)14-29(13-18)20-9-17(11-26)27-21(28-20)33-15-24-7-4-8-30(24)12-16(25)10-24/h9,16,18-19H,4-8,10,12-15H2,1-3H3/t16-,18-,19+,24+/m1/s1. The Kier molecular flexibility index (Phi) is 5.79. The predicted octanol–water partition coefficient (Wildman–Crippen LogP) is 2.89. The van der Waals surface area contributed by atoms with Crippen molar-refractivity contribution in [2.75, 3.05) is 37.7 Å². The highest BCUT2D eigenvalue weighted by Crippen LogP contribution is 2.40. The molecule has 0 saturated carbocycles. The maximum Gasteiger partial charge on any atom is 0.410 e. The van der Waals surface area contributed by atoms with E-state index in [1.165, 1.54) is 0 Å². The summed E-state index contributed by atoms with van der Waals surface area (Å²) in [6.45, 7) is 8.50. The molecular weight excluding hydrogens is 439 g/mol. The van der Waals surface area contributed by atoms with Crippen molar-refractivity contribution in [2.45, 2.75) is 82.3 Å². The van der Waals surface area contributed by atoms with Gasteiger partial charge in [0.2, 0.25) is 0 Å². The molecule has 0 spiro atoms. The number of alkyl halides is 1. The molecule has 10 heteroatoms. The number of piperazine rings is 1. The van der Waals surface area contributed by atoms with Gasteiger partial charge in [0.1, 0.15) is 36.0 Å². The highest BCUT2D eigenvalue weighted by atomic mass is 19.1. The van der Waals surface area contributed by atoms with Gasteiger partial charge in [0.15, 0.2) is 0 Å². The summed E-state index contributed by atoms with van der Waals surface area (Å²) >= 11 is 0. The summed E-state index contributed by atoms with van der Waals surface area (Å²) in [5, 5.41) is 9.55. The first-order valence-corrected chi connectivity index (χ1v) is 12.2. The normalized spacial score (nSPS) is 30.9. The average Bonchev–Trinajstić information content (AvgIpc) is 3.38. The first kappa shape index (κ1) is 23.1. The molecule has 34 heavy (non-hydrogen) atoms. The van der Waals surface area contributed by atoms with E-state index in [1.807, 2.05) is 25.7 Å². The minimum Gasteiger partial charge on any atom is -0.461 e. The van der Waals surface area contributed by atoms with Crippen LogP contribution in [0.1, 0.15) is 58.6 Å². The van der Waals surface area contributed by atoms with Crippen LogP contribution < -0.4 is 9.64 Å². The van der Waals surface area contributed by atoms with E-state index in [1.54, 1.807) is 6.07 Å². The average molecular weight is 473 g/mol. The topological polar surface area (TPSA) is 94.8 Å². The maximum atomic E-state index is 14.1. The van der Waals surface area contributed by atoms with Gasteiger partial charge in [-0.3, -0.25) is 9.80 Å². The van der Waals surface area contributed by atoms with E-state index < -0.39 is 11.8 Å². The molecule has 5 rings (SSSR count). The molecule has 5 heterocycles. The number of hydrogen-bond acceptors (Lipinski definition) is 8. The molecule has 0 aromatic carbocycles. The van der Waals surface area contributed by atoms with Crippen molar-refractivity contribution >= 4 is 11.9 Å². The van der Waals surface area contributed by atoms with Crippen molar-refractivity contribution in [2.24, 2.45) is 0 Å². The van der Waals surface area contributed by atoms with E-state index in [2.05, 4.69) is 25.8 Å². The van der Waals surface area contributed by atoms with Gasteiger partial charge in [-0.2, -0.15) is 15.2 Å². The zero-order chi connectivity index (χ0) is 24.1. The van der Waals surface area contributed by atoms with Gasteiger partial charge in [0.05, 0.1) is 17.6 Å². The number of aromatic nitrogens is 2. The van der Waals surface area contributed by atoms with Crippen molar-refractivity contribution < 1.29 is 18.7 Å². The number of carbonyl (C=O) groups is 1. The SMILES string of the molecule is CC(C)(C)OC(=O)N1[C@@H]2CC[C@H]1CN(c1cc(C#N)nc(OC[C@@]34CCCN3C[C@H](F)C4)n1)C2. The van der Waals surface area contributed by atoms with Crippen LogP contribution in [-0.4, -0.2) is 88.0 Å². The molecule has 4 atom stereocenters. The highest BCUT2D eigenvalue weighted by molar-refractivity contribution is 5.70. The third-order valence-electron chi connectivity index (χ3n) is 7.45. The molecule has 1 aromatic rings. The molecule has 4 aliphatic rings. The number of hydrogen-bond donors (Lipinski definition) is 0. The number of anilines is 1. The summed E-state index contributed by atoms with van der Waals surface area (Å²) in [7, 11) is 0. The number of amides is 1. The molecule has 0 aliphatic carbocycles. The van der Waals surface area contributed by atoms with E-state index in [-0.39, 0.29) is 35.4 Å². The largest absolute Gasteiger partial charge is 0.461 e. The Bertz CT molecular complexity index is 980. The van der Waals surface area contributed by atoms with Crippen LogP contribution in [0, 0.1) is 11.3 Å². The quantitative estimate of drug-likeness (QED) is 0.660. The Labute approximate surface area is 199 Å². The molecule has 4 aliphatic heterocycles. The van der Waals surface area contributed by atoms with Gasteiger partial charge in [0.25, 0.3) is 0 Å². The maximum absolute atomic E-state index is 14.1. The number of nitrogens with zero attached hydrogens (tertiary/aromatic N) is 6. The van der Waals surface area contributed by atoms with E-state index in [0.29, 0.717) is 38.5 Å². The van der Waals surface area contributed by atoms with Gasteiger partial charge in [0, 0.05) is 32.1 Å². The lowest BCUT2D eigenvalue weighted by Gasteiger charge is -2.41. The van der Waals surface area contributed by atoms with E-state index in [4.69, 9.17) is 9.47 Å². The second kappa shape index (κ2) is 8.52. The Morgan fingerprint density at radius 3 is 2.68 bits per heavy atom. The lowest BCUT2D eigenvalue weighted by atomic mass is 9.95. The number of rotatable bonds is 4. The molecule has 1 aromatic heterocycles. The monoisotopic (exact) mass is 472 g/mol. The molecule has 9 nitrogen and oxygen atoms in total. The van der Waals surface area contributed by atoms with Gasteiger partial charge in [-0.1, -0.05) is 0 Å². The molecule has 2 bridgehead atoms. The second-order valence-electron chi connectivity index (χ2n) is 11.0. The molecule has 0 radical (unpaired) electrons. The van der Waals surface area contributed by atoms with Crippen LogP contribution in [0.15, 0.2) is 6.07 Å². The molecule has 0 unspecified atom stereocenters. The van der Waals surface area contributed by atoms with Crippen LogP contribution in [0.5, 0.6) is 6.01 Å². The fourth-order valence-corrected chi connectivity index (χ4v) is 6.05. The van der Waals surface area contributed by atoms with Crippen molar-refractivity contribution in [3.05, 3.63) is 11.8 Å². The Morgan fingerprint density at radius 1 is 1.26 bits per heavy atom. The number of ether oxygens (including phenoxy) is 2. The van der Waals surface area contributed by atoms with Crippen molar-refractivity contribution in [3.63, 3.8) is 0 Å². The zero-order valence-electron chi connectivity index (χ0n) is 20.2. The Morgan fingerprint density at radius 2 is 2.00 bits per heavy atom. The van der Waals surface area contributed by atoms with Crippen LogP contribution >= 0.6 is 0 Å². The Hall–Kier alpha value is -2.67. The van der Waals surface area contributed by atoms with Gasteiger partial charge >= 0.3 is 12.1 Å². The van der Waals surface area contributed by atoms with E-state index in [9.17, 15) is 14.4 Å². The molecule has 184 valence electrons. The lowest BCUT2D eigenvalue weighted by molar-refractivity contribution is 0.0122. The molecule has 4 saturated heterocycles. The summed E-state index contributed by atoms with van der Waals surface area (Å²) in [6, 6.07) is 3.99. The van der Waals surface area contributed by atoms with Crippen LogP contribution in [0.25, 0.3) is 0 Å². The fourth-order valence-electron chi connectivity index (χ4n) is 6.05. The highest BCUT2D eigenvalue weighted by Gasteiger charge is 2.49. The molecule has 0 N–H and O–H groups in total. The van der Waals surface area contributed by atoms with Gasteiger partial charge in [-0.25, -0.2) is 9.18 Å². The summed E-state index contributed by atoms with van der Waals surface area (Å²) in [5.41, 5.74) is -0.606. The first-order valence-electron chi connectivity index (χ1n) is 12.2. The number of carbonyl (C=O) groups excluding carboxylic acids is 1. The summed E-state index contributed by atoms with van der Waals surface area (Å²) < 4.78 is 25.7. The van der Waals surface area contributed by atoms with Crippen molar-refractivity contribution in [3.8, 4) is 12.1 Å². The van der Waals surface area contributed by atoms with E-state index in [0.717, 1.165) is 32.2 Å². The van der Waals surface area contributed by atoms with Gasteiger partial charge in [-0.15, -0.1) is 0 Å². The van der Waals surface area contributed by atoms with Crippen molar-refractivity contribution in [1.82, 2.24) is 19.8 Å². The number of nitriles is 1. The van der Waals surface area contributed by atoms with Crippen molar-refractivity contribution in [1.29, 1.82) is 5.26 Å². The molecule has 1 amide bonds. The summed E-state index contributed by atoms with van der Waals surface area (Å²) in [4.78, 5) is 27.8. The fraction of sp³-hybridized carbons (Fsp3) is 0.750. The minimum absolute atomic E-state index is 0.0318. The third-order valence-corrected chi connectivity index (χ3v) is 7.45.